The highest BCUT2D eigenvalue weighted by Crippen LogP contribution is 2.33. The summed E-state index contributed by atoms with van der Waals surface area (Å²) in [5.74, 6) is -0.184. The molecule has 0 aliphatic rings. The number of likely N-dealkylation sites (N-methyl/N-ethyl adjacent to an activating group) is 1. The lowest BCUT2D eigenvalue weighted by Crippen LogP contribution is -2.41. The second-order valence-electron chi connectivity index (χ2n) is 6.44. The van der Waals surface area contributed by atoms with Crippen LogP contribution in [0.1, 0.15) is 34.1 Å². The molecule has 0 aromatic rings. The number of ether oxygens (including phenoxy) is 1. The van der Waals surface area contributed by atoms with Crippen molar-refractivity contribution in [3.05, 3.63) is 0 Å². The van der Waals surface area contributed by atoms with Crippen LogP contribution in [0.2, 0.25) is 0 Å². The normalized spacial score (nSPS) is 15.8. The van der Waals surface area contributed by atoms with E-state index in [1.165, 1.54) is 0 Å². The molecule has 4 nitrogen and oxygen atoms in total. The van der Waals surface area contributed by atoms with Gasteiger partial charge in [-0.15, -0.1) is 0 Å². The second-order valence-corrected chi connectivity index (χ2v) is 6.44. The molecule has 1 unspecified atom stereocenters. The van der Waals surface area contributed by atoms with E-state index in [4.69, 9.17) is 10.5 Å². The Bertz CT molecular complexity index is 246. The van der Waals surface area contributed by atoms with Crippen LogP contribution in [0.3, 0.4) is 0 Å². The lowest BCUT2D eigenvalue weighted by atomic mass is 9.75. The number of hydrogen-bond acceptors (Lipinski definition) is 4. The van der Waals surface area contributed by atoms with Crippen LogP contribution in [0.4, 0.5) is 0 Å². The fourth-order valence-electron chi connectivity index (χ4n) is 1.89. The van der Waals surface area contributed by atoms with Crippen molar-refractivity contribution < 1.29 is 9.53 Å². The molecule has 0 radical (unpaired) electrons. The molecule has 2 N–H and O–H groups in total. The average molecular weight is 244 g/mol. The Morgan fingerprint density at radius 1 is 1.24 bits per heavy atom. The van der Waals surface area contributed by atoms with Gasteiger partial charge in [-0.25, -0.2) is 0 Å². The molecule has 0 bridgehead atoms. The predicted molar refractivity (Wildman–Crippen MR) is 70.7 cm³/mol. The maximum atomic E-state index is 12.0. The van der Waals surface area contributed by atoms with Crippen LogP contribution < -0.4 is 5.73 Å². The van der Waals surface area contributed by atoms with Crippen molar-refractivity contribution in [2.24, 2.45) is 16.6 Å². The zero-order valence-corrected chi connectivity index (χ0v) is 12.2. The zero-order valence-electron chi connectivity index (χ0n) is 12.2. The topological polar surface area (TPSA) is 55.6 Å². The SMILES string of the molecule is CN(C)CCOC(=O)C(C)(CN)CC(C)(C)C. The van der Waals surface area contributed by atoms with Crippen LogP contribution in [0.15, 0.2) is 0 Å². The van der Waals surface area contributed by atoms with E-state index in [1.54, 1.807) is 0 Å². The molecule has 0 saturated heterocycles. The summed E-state index contributed by atoms with van der Waals surface area (Å²) in [6, 6.07) is 0. The van der Waals surface area contributed by atoms with Gasteiger partial charge in [-0.1, -0.05) is 20.8 Å². The van der Waals surface area contributed by atoms with E-state index in [0.29, 0.717) is 13.2 Å². The molecule has 0 saturated carbocycles. The van der Waals surface area contributed by atoms with Crippen molar-refractivity contribution in [1.82, 2.24) is 4.90 Å². The van der Waals surface area contributed by atoms with Gasteiger partial charge in [0, 0.05) is 13.1 Å². The molecule has 102 valence electrons. The van der Waals surface area contributed by atoms with Gasteiger partial charge < -0.3 is 15.4 Å². The molecule has 0 fully saturated rings. The first-order valence-corrected chi connectivity index (χ1v) is 6.13. The Morgan fingerprint density at radius 3 is 2.12 bits per heavy atom. The van der Waals surface area contributed by atoms with E-state index in [-0.39, 0.29) is 11.4 Å². The maximum Gasteiger partial charge on any atom is 0.313 e. The monoisotopic (exact) mass is 244 g/mol. The van der Waals surface area contributed by atoms with E-state index >= 15 is 0 Å². The summed E-state index contributed by atoms with van der Waals surface area (Å²) in [6.45, 7) is 9.69. The number of nitrogens with two attached hydrogens (primary N) is 1. The number of hydrogen-bond donors (Lipinski definition) is 1. The number of esters is 1. The largest absolute Gasteiger partial charge is 0.464 e. The molecule has 0 amide bonds. The first-order valence-electron chi connectivity index (χ1n) is 6.13. The molecule has 4 heteroatoms. The van der Waals surface area contributed by atoms with Gasteiger partial charge in [-0.2, -0.15) is 0 Å². The van der Waals surface area contributed by atoms with Crippen molar-refractivity contribution in [3.8, 4) is 0 Å². The van der Waals surface area contributed by atoms with E-state index in [1.807, 2.05) is 25.9 Å². The first-order chi connectivity index (χ1) is 7.60. The van der Waals surface area contributed by atoms with Gasteiger partial charge in [0.05, 0.1) is 5.41 Å². The number of rotatable bonds is 6. The van der Waals surface area contributed by atoms with Crippen molar-refractivity contribution in [3.63, 3.8) is 0 Å². The summed E-state index contributed by atoms with van der Waals surface area (Å²) < 4.78 is 5.29. The highest BCUT2D eigenvalue weighted by molar-refractivity contribution is 5.76. The third kappa shape index (κ3) is 6.64. The third-order valence-corrected chi connectivity index (χ3v) is 2.64. The fourth-order valence-corrected chi connectivity index (χ4v) is 1.89. The molecule has 0 spiro atoms. The quantitative estimate of drug-likeness (QED) is 0.719. The highest BCUT2D eigenvalue weighted by atomic mass is 16.5. The van der Waals surface area contributed by atoms with Crippen molar-refractivity contribution in [2.75, 3.05) is 33.8 Å². The van der Waals surface area contributed by atoms with E-state index in [0.717, 1.165) is 13.0 Å². The Balaban J connectivity index is 4.38. The van der Waals surface area contributed by atoms with Crippen LogP contribution in [0.25, 0.3) is 0 Å². The second kappa shape index (κ2) is 6.36. The minimum Gasteiger partial charge on any atom is -0.464 e. The van der Waals surface area contributed by atoms with Crippen molar-refractivity contribution in [2.45, 2.75) is 34.1 Å². The maximum absolute atomic E-state index is 12.0. The lowest BCUT2D eigenvalue weighted by molar-refractivity contribution is -0.156. The van der Waals surface area contributed by atoms with E-state index in [9.17, 15) is 4.79 Å². The van der Waals surface area contributed by atoms with Crippen molar-refractivity contribution in [1.29, 1.82) is 0 Å². The fraction of sp³-hybridized carbons (Fsp3) is 0.923. The number of carbonyl (C=O) groups is 1. The smallest absolute Gasteiger partial charge is 0.313 e. The minimum atomic E-state index is -0.579. The van der Waals surface area contributed by atoms with Gasteiger partial charge in [0.1, 0.15) is 6.61 Å². The van der Waals surface area contributed by atoms with Gasteiger partial charge in [-0.3, -0.25) is 4.79 Å². The van der Waals surface area contributed by atoms with Gasteiger partial charge in [-0.05, 0) is 32.9 Å². The Hall–Kier alpha value is -0.610. The van der Waals surface area contributed by atoms with E-state index < -0.39 is 5.41 Å². The summed E-state index contributed by atoms with van der Waals surface area (Å²) in [7, 11) is 3.90. The zero-order chi connectivity index (χ0) is 13.7. The molecule has 0 aromatic carbocycles. The van der Waals surface area contributed by atoms with Crippen LogP contribution in [-0.2, 0) is 9.53 Å². The van der Waals surface area contributed by atoms with Crippen LogP contribution >= 0.6 is 0 Å². The standard InChI is InChI=1S/C13H28N2O2/c1-12(2,3)9-13(4,10-14)11(16)17-8-7-15(5)6/h7-10,14H2,1-6H3. The van der Waals surface area contributed by atoms with Crippen LogP contribution in [-0.4, -0.2) is 44.7 Å². The molecular formula is C13H28N2O2. The first kappa shape index (κ1) is 16.4. The summed E-state index contributed by atoms with van der Waals surface area (Å²) in [5.41, 5.74) is 5.22. The number of carbonyl (C=O) groups excluding carboxylic acids is 1. The summed E-state index contributed by atoms with van der Waals surface area (Å²) in [4.78, 5) is 14.0. The average Bonchev–Trinajstić information content (AvgIpc) is 2.14. The molecule has 1 atom stereocenters. The van der Waals surface area contributed by atoms with Gasteiger partial charge in [0.15, 0.2) is 0 Å². The Kier molecular flexibility index (Phi) is 6.13. The van der Waals surface area contributed by atoms with Crippen LogP contribution in [0.5, 0.6) is 0 Å². The van der Waals surface area contributed by atoms with Crippen molar-refractivity contribution >= 4 is 5.97 Å². The molecule has 0 aromatic heterocycles. The van der Waals surface area contributed by atoms with E-state index in [2.05, 4.69) is 20.8 Å². The third-order valence-electron chi connectivity index (χ3n) is 2.64. The van der Waals surface area contributed by atoms with Crippen LogP contribution in [0, 0.1) is 10.8 Å². The Morgan fingerprint density at radius 2 is 1.76 bits per heavy atom. The highest BCUT2D eigenvalue weighted by Gasteiger charge is 2.37. The molecule has 0 aliphatic heterocycles. The molecule has 0 rings (SSSR count). The number of nitrogens with zero attached hydrogens (tertiary/aromatic N) is 1. The predicted octanol–water partition coefficient (Wildman–Crippen LogP) is 1.49. The molecular weight excluding hydrogens is 216 g/mol. The summed E-state index contributed by atoms with van der Waals surface area (Å²) in [5, 5.41) is 0. The van der Waals surface area contributed by atoms with Gasteiger partial charge in [0.2, 0.25) is 0 Å². The lowest BCUT2D eigenvalue weighted by Gasteiger charge is -2.32. The Labute approximate surface area is 105 Å². The molecule has 0 aliphatic carbocycles. The van der Waals surface area contributed by atoms with Gasteiger partial charge in [0.25, 0.3) is 0 Å². The summed E-state index contributed by atoms with van der Waals surface area (Å²) >= 11 is 0. The summed E-state index contributed by atoms with van der Waals surface area (Å²) in [6.07, 6.45) is 0.733. The molecule has 17 heavy (non-hydrogen) atoms. The molecule has 0 heterocycles. The minimum absolute atomic E-state index is 0.0642. The van der Waals surface area contributed by atoms with Gasteiger partial charge >= 0.3 is 5.97 Å².